The van der Waals surface area contributed by atoms with Crippen LogP contribution in [0.15, 0.2) is 53.0 Å². The van der Waals surface area contributed by atoms with Crippen molar-refractivity contribution in [3.63, 3.8) is 0 Å². The summed E-state index contributed by atoms with van der Waals surface area (Å²) in [7, 11) is 0. The number of rotatable bonds is 6. The summed E-state index contributed by atoms with van der Waals surface area (Å²) in [6.07, 6.45) is 0.533. The van der Waals surface area contributed by atoms with Crippen molar-refractivity contribution in [2.75, 3.05) is 0 Å². The van der Waals surface area contributed by atoms with Gasteiger partial charge < -0.3 is 15.6 Å². The highest BCUT2D eigenvalue weighted by Gasteiger charge is 2.23. The fraction of sp³-hybridized carbons (Fsp3) is 0.294. The summed E-state index contributed by atoms with van der Waals surface area (Å²) in [6, 6.07) is 15.3. The Morgan fingerprint density at radius 1 is 1.14 bits per heavy atom. The maximum atomic E-state index is 9.43. The quantitative estimate of drug-likeness (QED) is 0.833. The van der Waals surface area contributed by atoms with E-state index >= 15 is 0 Å². The van der Waals surface area contributed by atoms with Crippen LogP contribution < -0.4 is 10.5 Å². The topological polar surface area (TPSA) is 55.5 Å². The van der Waals surface area contributed by atoms with Gasteiger partial charge in [0.25, 0.3) is 0 Å². The van der Waals surface area contributed by atoms with Crippen LogP contribution >= 0.6 is 15.9 Å². The van der Waals surface area contributed by atoms with Crippen molar-refractivity contribution in [1.29, 1.82) is 0 Å². The highest BCUT2D eigenvalue weighted by atomic mass is 79.9. The maximum Gasteiger partial charge on any atom is 0.140 e. The van der Waals surface area contributed by atoms with E-state index in [1.165, 1.54) is 0 Å². The molecular formula is C17H20BrNO2. The molecule has 0 bridgehead atoms. The Labute approximate surface area is 133 Å². The fourth-order valence-electron chi connectivity index (χ4n) is 2.19. The van der Waals surface area contributed by atoms with Crippen LogP contribution in [0.1, 0.15) is 30.6 Å². The molecule has 0 radical (unpaired) electrons. The van der Waals surface area contributed by atoms with Crippen molar-refractivity contribution in [2.45, 2.75) is 32.1 Å². The van der Waals surface area contributed by atoms with Crippen LogP contribution in [0.4, 0.5) is 0 Å². The van der Waals surface area contributed by atoms with Gasteiger partial charge in [0.2, 0.25) is 0 Å². The van der Waals surface area contributed by atoms with Gasteiger partial charge in [-0.05, 0) is 18.6 Å². The van der Waals surface area contributed by atoms with Gasteiger partial charge in [-0.1, -0.05) is 59.3 Å². The lowest BCUT2D eigenvalue weighted by atomic mass is 10.0. The molecule has 3 N–H and O–H groups in total. The van der Waals surface area contributed by atoms with Crippen LogP contribution in [0.25, 0.3) is 0 Å². The fourth-order valence-corrected chi connectivity index (χ4v) is 2.70. The molecule has 2 aromatic carbocycles. The number of para-hydroxylation sites is 1. The Morgan fingerprint density at radius 3 is 2.48 bits per heavy atom. The molecule has 0 aliphatic carbocycles. The van der Waals surface area contributed by atoms with E-state index in [1.807, 2.05) is 55.5 Å². The molecule has 0 aliphatic heterocycles. The third-order valence-electron chi connectivity index (χ3n) is 3.47. The van der Waals surface area contributed by atoms with Gasteiger partial charge in [-0.15, -0.1) is 0 Å². The second kappa shape index (κ2) is 7.59. The molecule has 3 nitrogen and oxygen atoms in total. The predicted octanol–water partition coefficient (Wildman–Crippen LogP) is 3.80. The average molecular weight is 350 g/mol. The molecule has 0 saturated carbocycles. The van der Waals surface area contributed by atoms with Gasteiger partial charge in [-0.25, -0.2) is 0 Å². The van der Waals surface area contributed by atoms with Crippen molar-refractivity contribution in [3.05, 3.63) is 64.1 Å². The molecule has 0 aromatic heterocycles. The van der Waals surface area contributed by atoms with Crippen molar-refractivity contribution >= 4 is 15.9 Å². The lowest BCUT2D eigenvalue weighted by Gasteiger charge is -2.26. The predicted molar refractivity (Wildman–Crippen MR) is 88.1 cm³/mol. The van der Waals surface area contributed by atoms with E-state index in [9.17, 15) is 5.11 Å². The number of halogens is 1. The van der Waals surface area contributed by atoms with E-state index in [0.717, 1.165) is 22.0 Å². The van der Waals surface area contributed by atoms with Gasteiger partial charge in [-0.3, -0.25) is 0 Å². The Bertz CT molecular complexity index is 589. The van der Waals surface area contributed by atoms with E-state index in [-0.39, 0.29) is 18.8 Å². The van der Waals surface area contributed by atoms with Gasteiger partial charge in [-0.2, -0.15) is 0 Å². The smallest absolute Gasteiger partial charge is 0.140 e. The normalized spacial score (nSPS) is 13.7. The number of benzene rings is 2. The number of hydrogen-bond acceptors (Lipinski definition) is 3. The first-order chi connectivity index (χ1) is 10.2. The summed E-state index contributed by atoms with van der Waals surface area (Å²) in [6.45, 7) is 1.98. The van der Waals surface area contributed by atoms with Crippen LogP contribution in [0, 0.1) is 0 Å². The summed E-state index contributed by atoms with van der Waals surface area (Å²) in [5, 5.41) is 9.43. The molecule has 0 fully saturated rings. The molecule has 2 aromatic rings. The van der Waals surface area contributed by atoms with E-state index in [2.05, 4.69) is 15.9 Å². The Hall–Kier alpha value is -1.36. The van der Waals surface area contributed by atoms with Crippen LogP contribution in [-0.4, -0.2) is 11.1 Å². The standard InChI is InChI=1S/C17H20BrNO2/c1-2-15(19)17(13-8-4-5-9-14(13)18)21-16-10-6-3-7-12(16)11-20/h3-10,15,17,20H,2,11,19H2,1H3. The largest absolute Gasteiger partial charge is 0.484 e. The number of aliphatic hydroxyl groups is 1. The minimum atomic E-state index is -0.265. The Balaban J connectivity index is 2.36. The monoisotopic (exact) mass is 349 g/mol. The second-order valence-corrected chi connectivity index (χ2v) is 5.75. The molecular weight excluding hydrogens is 330 g/mol. The molecule has 0 spiro atoms. The Kier molecular flexibility index (Phi) is 5.79. The van der Waals surface area contributed by atoms with Crippen LogP contribution in [0.2, 0.25) is 0 Å². The van der Waals surface area contributed by atoms with Crippen molar-refractivity contribution in [2.24, 2.45) is 5.73 Å². The second-order valence-electron chi connectivity index (χ2n) is 4.90. The molecule has 4 heteroatoms. The zero-order valence-electron chi connectivity index (χ0n) is 12.0. The first kappa shape index (κ1) is 16.0. The number of aliphatic hydroxyl groups excluding tert-OH is 1. The summed E-state index contributed by atoms with van der Waals surface area (Å²) < 4.78 is 7.11. The molecule has 2 rings (SSSR count). The van der Waals surface area contributed by atoms with E-state index in [1.54, 1.807) is 0 Å². The van der Waals surface area contributed by atoms with Gasteiger partial charge >= 0.3 is 0 Å². The van der Waals surface area contributed by atoms with Crippen molar-refractivity contribution < 1.29 is 9.84 Å². The molecule has 2 atom stereocenters. The minimum absolute atomic E-state index is 0.0553. The van der Waals surface area contributed by atoms with Crippen LogP contribution in [0.5, 0.6) is 5.75 Å². The third kappa shape index (κ3) is 3.84. The van der Waals surface area contributed by atoms with E-state index < -0.39 is 0 Å². The number of nitrogens with two attached hydrogens (primary N) is 1. The Morgan fingerprint density at radius 2 is 1.81 bits per heavy atom. The maximum absolute atomic E-state index is 9.43. The molecule has 0 aliphatic rings. The summed E-state index contributed by atoms with van der Waals surface area (Å²) in [5.41, 5.74) is 8.02. The van der Waals surface area contributed by atoms with Gasteiger partial charge in [0.05, 0.1) is 6.61 Å². The zero-order chi connectivity index (χ0) is 15.2. The number of hydrogen-bond donors (Lipinski definition) is 2. The first-order valence-electron chi connectivity index (χ1n) is 7.02. The van der Waals surface area contributed by atoms with Gasteiger partial charge in [0.1, 0.15) is 11.9 Å². The van der Waals surface area contributed by atoms with Crippen LogP contribution in [-0.2, 0) is 6.61 Å². The highest BCUT2D eigenvalue weighted by Crippen LogP contribution is 2.32. The minimum Gasteiger partial charge on any atom is -0.484 e. The van der Waals surface area contributed by atoms with E-state index in [0.29, 0.717) is 5.75 Å². The van der Waals surface area contributed by atoms with Gasteiger partial charge in [0, 0.05) is 21.6 Å². The zero-order valence-corrected chi connectivity index (χ0v) is 13.6. The average Bonchev–Trinajstić information content (AvgIpc) is 2.53. The highest BCUT2D eigenvalue weighted by molar-refractivity contribution is 9.10. The lowest BCUT2D eigenvalue weighted by Crippen LogP contribution is -2.32. The first-order valence-corrected chi connectivity index (χ1v) is 7.82. The van der Waals surface area contributed by atoms with Gasteiger partial charge in [0.15, 0.2) is 0 Å². The number of ether oxygens (including phenoxy) is 1. The van der Waals surface area contributed by atoms with Crippen molar-refractivity contribution in [3.8, 4) is 5.75 Å². The van der Waals surface area contributed by atoms with E-state index in [4.69, 9.17) is 10.5 Å². The molecule has 21 heavy (non-hydrogen) atoms. The molecule has 0 amide bonds. The summed E-state index contributed by atoms with van der Waals surface area (Å²) in [4.78, 5) is 0. The van der Waals surface area contributed by atoms with Crippen LogP contribution in [0.3, 0.4) is 0 Å². The molecule has 0 saturated heterocycles. The molecule has 2 unspecified atom stereocenters. The molecule has 0 heterocycles. The van der Waals surface area contributed by atoms with Crippen molar-refractivity contribution in [1.82, 2.24) is 0 Å². The summed E-state index contributed by atoms with van der Waals surface area (Å²) >= 11 is 3.56. The molecule has 112 valence electrons. The SMILES string of the molecule is CCC(N)C(Oc1ccccc1CO)c1ccccc1Br. The lowest BCUT2D eigenvalue weighted by molar-refractivity contribution is 0.164. The third-order valence-corrected chi connectivity index (χ3v) is 4.19. The summed E-state index contributed by atoms with van der Waals surface area (Å²) in [5.74, 6) is 0.671.